The quantitative estimate of drug-likeness (QED) is 0.555. The Hall–Kier alpha value is -1.48. The Balaban J connectivity index is 2.45. The molecule has 1 aromatic rings. The molecule has 0 saturated heterocycles. The molecule has 0 aliphatic rings. The fourth-order valence-electron chi connectivity index (χ4n) is 1.59. The Kier molecular flexibility index (Phi) is 6.18. The standard InChI is InChI=1S/C14H21NO2/c1-4-5-6-9-15-11-12-7-8-13(16-2)14(10-12)17-3/h4,7-8,10,15H,1,5-6,9,11H2,2-3H3. The first kappa shape index (κ1) is 13.6. The molecule has 0 fully saturated rings. The third kappa shape index (κ3) is 4.49. The zero-order valence-electron chi connectivity index (χ0n) is 10.7. The van der Waals surface area contributed by atoms with Crippen LogP contribution in [0.25, 0.3) is 0 Å². The number of unbranched alkanes of at least 4 members (excludes halogenated alkanes) is 1. The zero-order chi connectivity index (χ0) is 12.5. The zero-order valence-corrected chi connectivity index (χ0v) is 10.7. The Bertz CT molecular complexity index is 350. The lowest BCUT2D eigenvalue weighted by Gasteiger charge is -2.10. The number of ether oxygens (including phenoxy) is 2. The average molecular weight is 235 g/mol. The molecule has 0 radical (unpaired) electrons. The predicted octanol–water partition coefficient (Wildman–Crippen LogP) is 2.76. The van der Waals surface area contributed by atoms with Crippen molar-refractivity contribution >= 4 is 0 Å². The van der Waals surface area contributed by atoms with E-state index in [1.165, 1.54) is 5.56 Å². The molecule has 1 aromatic carbocycles. The second kappa shape index (κ2) is 7.74. The van der Waals surface area contributed by atoms with Gasteiger partial charge in [-0.05, 0) is 37.1 Å². The van der Waals surface area contributed by atoms with Gasteiger partial charge in [0, 0.05) is 6.54 Å². The maximum Gasteiger partial charge on any atom is 0.161 e. The highest BCUT2D eigenvalue weighted by Crippen LogP contribution is 2.27. The van der Waals surface area contributed by atoms with Crippen molar-refractivity contribution in [2.45, 2.75) is 19.4 Å². The van der Waals surface area contributed by atoms with Crippen LogP contribution in [0.2, 0.25) is 0 Å². The fourth-order valence-corrected chi connectivity index (χ4v) is 1.59. The molecule has 0 aromatic heterocycles. The summed E-state index contributed by atoms with van der Waals surface area (Å²) in [6.45, 7) is 5.55. The van der Waals surface area contributed by atoms with Crippen molar-refractivity contribution in [1.82, 2.24) is 5.32 Å². The SMILES string of the molecule is C=CCCCNCc1ccc(OC)c(OC)c1. The van der Waals surface area contributed by atoms with Crippen molar-refractivity contribution in [3.05, 3.63) is 36.4 Å². The van der Waals surface area contributed by atoms with E-state index < -0.39 is 0 Å². The van der Waals surface area contributed by atoms with Gasteiger partial charge in [0.15, 0.2) is 11.5 Å². The van der Waals surface area contributed by atoms with Crippen LogP contribution in [0, 0.1) is 0 Å². The highest BCUT2D eigenvalue weighted by molar-refractivity contribution is 5.42. The van der Waals surface area contributed by atoms with Crippen molar-refractivity contribution in [2.75, 3.05) is 20.8 Å². The van der Waals surface area contributed by atoms with Gasteiger partial charge >= 0.3 is 0 Å². The number of rotatable bonds is 8. The second-order valence-corrected chi connectivity index (χ2v) is 3.80. The van der Waals surface area contributed by atoms with E-state index in [2.05, 4.69) is 11.9 Å². The number of hydrogen-bond donors (Lipinski definition) is 1. The van der Waals surface area contributed by atoms with Crippen LogP contribution in [0.4, 0.5) is 0 Å². The minimum absolute atomic E-state index is 0.767. The molecule has 0 aliphatic heterocycles. The number of hydrogen-bond acceptors (Lipinski definition) is 3. The largest absolute Gasteiger partial charge is 0.493 e. The summed E-state index contributed by atoms with van der Waals surface area (Å²) in [4.78, 5) is 0. The lowest BCUT2D eigenvalue weighted by atomic mass is 10.2. The molecular weight excluding hydrogens is 214 g/mol. The molecule has 0 aliphatic carbocycles. The number of allylic oxidation sites excluding steroid dienone is 1. The number of methoxy groups -OCH3 is 2. The minimum Gasteiger partial charge on any atom is -0.493 e. The van der Waals surface area contributed by atoms with Crippen LogP contribution < -0.4 is 14.8 Å². The maximum atomic E-state index is 5.26. The molecule has 3 nitrogen and oxygen atoms in total. The van der Waals surface area contributed by atoms with E-state index in [0.29, 0.717) is 0 Å². The van der Waals surface area contributed by atoms with Gasteiger partial charge in [0.25, 0.3) is 0 Å². The van der Waals surface area contributed by atoms with E-state index in [0.717, 1.165) is 37.4 Å². The van der Waals surface area contributed by atoms with Crippen LogP contribution in [0.1, 0.15) is 18.4 Å². The lowest BCUT2D eigenvalue weighted by Crippen LogP contribution is -2.14. The van der Waals surface area contributed by atoms with Crippen molar-refractivity contribution < 1.29 is 9.47 Å². The summed E-state index contributed by atoms with van der Waals surface area (Å²) in [5.74, 6) is 1.54. The normalized spacial score (nSPS) is 10.0. The van der Waals surface area contributed by atoms with Crippen molar-refractivity contribution in [3.63, 3.8) is 0 Å². The van der Waals surface area contributed by atoms with Gasteiger partial charge in [0.05, 0.1) is 14.2 Å². The second-order valence-electron chi connectivity index (χ2n) is 3.80. The Labute approximate surface area is 103 Å². The van der Waals surface area contributed by atoms with Crippen LogP contribution >= 0.6 is 0 Å². The van der Waals surface area contributed by atoms with E-state index in [4.69, 9.17) is 9.47 Å². The summed E-state index contributed by atoms with van der Waals surface area (Å²) in [6, 6.07) is 5.97. The van der Waals surface area contributed by atoms with E-state index in [9.17, 15) is 0 Å². The van der Waals surface area contributed by atoms with Crippen LogP contribution in [0.15, 0.2) is 30.9 Å². The Morgan fingerprint density at radius 1 is 1.24 bits per heavy atom. The van der Waals surface area contributed by atoms with Gasteiger partial charge in [-0.15, -0.1) is 6.58 Å². The highest BCUT2D eigenvalue weighted by Gasteiger charge is 2.03. The summed E-state index contributed by atoms with van der Waals surface area (Å²) in [5.41, 5.74) is 1.20. The number of nitrogens with one attached hydrogen (secondary N) is 1. The molecule has 17 heavy (non-hydrogen) atoms. The topological polar surface area (TPSA) is 30.5 Å². The predicted molar refractivity (Wildman–Crippen MR) is 70.7 cm³/mol. The molecule has 1 N–H and O–H groups in total. The molecule has 0 atom stereocenters. The monoisotopic (exact) mass is 235 g/mol. The van der Waals surface area contributed by atoms with Crippen LogP contribution in [-0.2, 0) is 6.54 Å². The number of benzene rings is 1. The Morgan fingerprint density at radius 2 is 2.00 bits per heavy atom. The van der Waals surface area contributed by atoms with Gasteiger partial charge in [0.2, 0.25) is 0 Å². The van der Waals surface area contributed by atoms with Crippen molar-refractivity contribution in [1.29, 1.82) is 0 Å². The van der Waals surface area contributed by atoms with Gasteiger partial charge in [-0.3, -0.25) is 0 Å². The lowest BCUT2D eigenvalue weighted by molar-refractivity contribution is 0.354. The van der Waals surface area contributed by atoms with Gasteiger partial charge < -0.3 is 14.8 Å². The molecule has 0 unspecified atom stereocenters. The van der Waals surface area contributed by atoms with E-state index in [1.807, 2.05) is 24.3 Å². The molecular formula is C14H21NO2. The highest BCUT2D eigenvalue weighted by atomic mass is 16.5. The van der Waals surface area contributed by atoms with E-state index >= 15 is 0 Å². The molecule has 0 saturated carbocycles. The van der Waals surface area contributed by atoms with E-state index in [1.54, 1.807) is 14.2 Å². The van der Waals surface area contributed by atoms with Gasteiger partial charge in [0.1, 0.15) is 0 Å². The fraction of sp³-hybridized carbons (Fsp3) is 0.429. The first-order valence-electron chi connectivity index (χ1n) is 5.84. The molecule has 0 amide bonds. The Morgan fingerprint density at radius 3 is 2.65 bits per heavy atom. The van der Waals surface area contributed by atoms with Crippen LogP contribution in [0.3, 0.4) is 0 Å². The summed E-state index contributed by atoms with van der Waals surface area (Å²) in [7, 11) is 3.30. The summed E-state index contributed by atoms with van der Waals surface area (Å²) in [5, 5.41) is 3.38. The van der Waals surface area contributed by atoms with Gasteiger partial charge in [-0.1, -0.05) is 12.1 Å². The summed E-state index contributed by atoms with van der Waals surface area (Å²) in [6.07, 6.45) is 4.12. The van der Waals surface area contributed by atoms with Crippen molar-refractivity contribution in [2.24, 2.45) is 0 Å². The first-order valence-corrected chi connectivity index (χ1v) is 5.84. The summed E-state index contributed by atoms with van der Waals surface area (Å²) < 4.78 is 10.4. The van der Waals surface area contributed by atoms with E-state index in [-0.39, 0.29) is 0 Å². The molecule has 0 bridgehead atoms. The minimum atomic E-state index is 0.767. The van der Waals surface area contributed by atoms with Gasteiger partial charge in [-0.25, -0.2) is 0 Å². The summed E-state index contributed by atoms with van der Waals surface area (Å²) >= 11 is 0. The average Bonchev–Trinajstić information content (AvgIpc) is 2.38. The maximum absolute atomic E-state index is 5.26. The molecule has 94 valence electrons. The molecule has 0 heterocycles. The first-order chi connectivity index (χ1) is 8.31. The van der Waals surface area contributed by atoms with Gasteiger partial charge in [-0.2, -0.15) is 0 Å². The van der Waals surface area contributed by atoms with Crippen LogP contribution in [0.5, 0.6) is 11.5 Å². The smallest absolute Gasteiger partial charge is 0.161 e. The third-order valence-corrected chi connectivity index (χ3v) is 2.54. The van der Waals surface area contributed by atoms with Crippen molar-refractivity contribution in [3.8, 4) is 11.5 Å². The molecule has 1 rings (SSSR count). The third-order valence-electron chi connectivity index (χ3n) is 2.54. The molecule has 3 heteroatoms. The van der Waals surface area contributed by atoms with Crippen LogP contribution in [-0.4, -0.2) is 20.8 Å². The molecule has 0 spiro atoms.